The average molecular weight is 294 g/mol. The van der Waals surface area contributed by atoms with Gasteiger partial charge < -0.3 is 4.98 Å². The van der Waals surface area contributed by atoms with Gasteiger partial charge in [0.15, 0.2) is 0 Å². The lowest BCUT2D eigenvalue weighted by Crippen LogP contribution is -1.90. The third-order valence-corrected chi connectivity index (χ3v) is 4.01. The van der Waals surface area contributed by atoms with Crippen molar-refractivity contribution in [1.82, 2.24) is 9.97 Å². The molecule has 2 aromatic carbocycles. The van der Waals surface area contributed by atoms with Gasteiger partial charge in [0.2, 0.25) is 0 Å². The SMILES string of the molecule is Cc1c(F)cc(-c2ccc3c(c2)[nH]c2ccncc23)cc1F. The lowest BCUT2D eigenvalue weighted by atomic mass is 10.0. The monoisotopic (exact) mass is 294 g/mol. The first-order valence-corrected chi connectivity index (χ1v) is 6.95. The maximum Gasteiger partial charge on any atom is 0.129 e. The van der Waals surface area contributed by atoms with Gasteiger partial charge in [-0.15, -0.1) is 0 Å². The van der Waals surface area contributed by atoms with E-state index in [1.165, 1.54) is 19.1 Å². The molecule has 108 valence electrons. The molecule has 0 aliphatic heterocycles. The van der Waals surface area contributed by atoms with Crippen molar-refractivity contribution >= 4 is 21.8 Å². The molecule has 0 saturated heterocycles. The van der Waals surface area contributed by atoms with Gasteiger partial charge in [0.25, 0.3) is 0 Å². The number of H-pyrrole nitrogens is 1. The Morgan fingerprint density at radius 1 is 0.864 bits per heavy atom. The second-order valence-corrected chi connectivity index (χ2v) is 5.37. The largest absolute Gasteiger partial charge is 0.354 e. The summed E-state index contributed by atoms with van der Waals surface area (Å²) in [6.45, 7) is 1.43. The van der Waals surface area contributed by atoms with E-state index < -0.39 is 11.6 Å². The molecule has 22 heavy (non-hydrogen) atoms. The number of nitrogens with zero attached hydrogens (tertiary/aromatic N) is 1. The van der Waals surface area contributed by atoms with Gasteiger partial charge in [-0.25, -0.2) is 8.78 Å². The molecule has 4 rings (SSSR count). The lowest BCUT2D eigenvalue weighted by molar-refractivity contribution is 0.569. The Morgan fingerprint density at radius 3 is 2.41 bits per heavy atom. The van der Waals surface area contributed by atoms with Crippen LogP contribution in [-0.2, 0) is 0 Å². The number of nitrogens with one attached hydrogen (secondary N) is 1. The van der Waals surface area contributed by atoms with Crippen molar-refractivity contribution in [2.24, 2.45) is 0 Å². The molecule has 2 heterocycles. The Kier molecular flexibility index (Phi) is 2.73. The van der Waals surface area contributed by atoms with Gasteiger partial charge in [0.05, 0.1) is 0 Å². The number of pyridine rings is 1. The predicted molar refractivity (Wildman–Crippen MR) is 83.7 cm³/mol. The van der Waals surface area contributed by atoms with Crippen molar-refractivity contribution in [3.05, 3.63) is 66.0 Å². The molecule has 4 heteroatoms. The summed E-state index contributed by atoms with van der Waals surface area (Å²) in [5, 5.41) is 2.07. The van der Waals surface area contributed by atoms with Crippen molar-refractivity contribution in [3.8, 4) is 11.1 Å². The maximum absolute atomic E-state index is 13.8. The first-order chi connectivity index (χ1) is 10.6. The number of benzene rings is 2. The molecule has 4 aromatic rings. The Morgan fingerprint density at radius 2 is 1.64 bits per heavy atom. The number of hydrogen-bond acceptors (Lipinski definition) is 1. The van der Waals surface area contributed by atoms with Crippen LogP contribution in [0.15, 0.2) is 48.8 Å². The van der Waals surface area contributed by atoms with Gasteiger partial charge in [0, 0.05) is 39.8 Å². The summed E-state index contributed by atoms with van der Waals surface area (Å²) in [6, 6.07) is 10.3. The summed E-state index contributed by atoms with van der Waals surface area (Å²) in [7, 11) is 0. The summed E-state index contributed by atoms with van der Waals surface area (Å²) in [4.78, 5) is 7.43. The molecule has 0 spiro atoms. The normalized spacial score (nSPS) is 11.4. The van der Waals surface area contributed by atoms with Gasteiger partial charge in [0.1, 0.15) is 11.6 Å². The zero-order valence-electron chi connectivity index (χ0n) is 11.8. The van der Waals surface area contributed by atoms with E-state index in [1.807, 2.05) is 24.3 Å². The van der Waals surface area contributed by atoms with E-state index >= 15 is 0 Å². The van der Waals surface area contributed by atoms with Crippen LogP contribution in [0.25, 0.3) is 32.9 Å². The van der Waals surface area contributed by atoms with Crippen LogP contribution >= 0.6 is 0 Å². The van der Waals surface area contributed by atoms with Crippen molar-refractivity contribution in [2.45, 2.75) is 6.92 Å². The van der Waals surface area contributed by atoms with Gasteiger partial charge in [-0.2, -0.15) is 0 Å². The Hall–Kier alpha value is -2.75. The number of aromatic amines is 1. The van der Waals surface area contributed by atoms with Crippen LogP contribution in [0, 0.1) is 18.6 Å². The molecule has 0 amide bonds. The molecule has 0 saturated carbocycles. The second-order valence-electron chi connectivity index (χ2n) is 5.37. The molecular weight excluding hydrogens is 282 g/mol. The molecule has 0 aliphatic carbocycles. The van der Waals surface area contributed by atoms with Crippen LogP contribution < -0.4 is 0 Å². The number of aromatic nitrogens is 2. The fourth-order valence-electron chi connectivity index (χ4n) is 2.74. The standard InChI is InChI=1S/C18H12F2N2/c1-10-15(19)6-12(7-16(10)20)11-2-3-13-14-9-21-5-4-17(14)22-18(13)8-11/h2-9,22H,1H3. The number of halogens is 2. The molecule has 0 aliphatic rings. The highest BCUT2D eigenvalue weighted by atomic mass is 19.1. The Bertz CT molecular complexity index is 995. The van der Waals surface area contributed by atoms with Crippen LogP contribution in [0.1, 0.15) is 5.56 Å². The van der Waals surface area contributed by atoms with Crippen molar-refractivity contribution < 1.29 is 8.78 Å². The fourth-order valence-corrected chi connectivity index (χ4v) is 2.74. The summed E-state index contributed by atoms with van der Waals surface area (Å²) < 4.78 is 27.5. The quantitative estimate of drug-likeness (QED) is 0.527. The van der Waals surface area contributed by atoms with Gasteiger partial charge in [-0.1, -0.05) is 12.1 Å². The smallest absolute Gasteiger partial charge is 0.129 e. The van der Waals surface area contributed by atoms with Gasteiger partial charge in [-0.3, -0.25) is 4.98 Å². The van der Waals surface area contributed by atoms with E-state index in [0.717, 1.165) is 27.4 Å². The summed E-state index contributed by atoms with van der Waals surface area (Å²) in [6.07, 6.45) is 3.53. The van der Waals surface area contributed by atoms with Crippen molar-refractivity contribution in [2.75, 3.05) is 0 Å². The Labute approximate surface area is 125 Å². The van der Waals surface area contributed by atoms with Crippen LogP contribution in [0.2, 0.25) is 0 Å². The topological polar surface area (TPSA) is 28.7 Å². The molecule has 2 aromatic heterocycles. The molecule has 0 bridgehead atoms. The second kappa shape index (κ2) is 4.63. The molecule has 2 nitrogen and oxygen atoms in total. The average Bonchev–Trinajstić information content (AvgIpc) is 2.89. The number of rotatable bonds is 1. The Balaban J connectivity index is 1.94. The first-order valence-electron chi connectivity index (χ1n) is 6.95. The van der Waals surface area contributed by atoms with E-state index in [4.69, 9.17) is 0 Å². The van der Waals surface area contributed by atoms with Crippen LogP contribution in [0.4, 0.5) is 8.78 Å². The van der Waals surface area contributed by atoms with E-state index in [2.05, 4.69) is 9.97 Å². The molecule has 0 atom stereocenters. The summed E-state index contributed by atoms with van der Waals surface area (Å²) in [5.41, 5.74) is 3.25. The molecule has 1 N–H and O–H groups in total. The highest BCUT2D eigenvalue weighted by Gasteiger charge is 2.10. The molecule has 0 fully saturated rings. The van der Waals surface area contributed by atoms with Crippen LogP contribution in [0.3, 0.4) is 0 Å². The van der Waals surface area contributed by atoms with Crippen molar-refractivity contribution in [3.63, 3.8) is 0 Å². The van der Waals surface area contributed by atoms with Crippen LogP contribution in [-0.4, -0.2) is 9.97 Å². The fraction of sp³-hybridized carbons (Fsp3) is 0.0556. The van der Waals surface area contributed by atoms with Crippen LogP contribution in [0.5, 0.6) is 0 Å². The zero-order valence-corrected chi connectivity index (χ0v) is 11.8. The zero-order chi connectivity index (χ0) is 15.3. The van der Waals surface area contributed by atoms with Crippen molar-refractivity contribution in [1.29, 1.82) is 0 Å². The molecule has 0 radical (unpaired) electrons. The summed E-state index contributed by atoms with van der Waals surface area (Å²) >= 11 is 0. The van der Waals surface area contributed by atoms with E-state index in [1.54, 1.807) is 12.4 Å². The number of fused-ring (bicyclic) bond motifs is 3. The molecular formula is C18H12F2N2. The van der Waals surface area contributed by atoms with Gasteiger partial charge >= 0.3 is 0 Å². The first kappa shape index (κ1) is 13.0. The highest BCUT2D eigenvalue weighted by Crippen LogP contribution is 2.30. The minimum atomic E-state index is -0.532. The van der Waals surface area contributed by atoms with E-state index in [-0.39, 0.29) is 5.56 Å². The third-order valence-electron chi connectivity index (χ3n) is 4.01. The third kappa shape index (κ3) is 1.88. The number of hydrogen-bond donors (Lipinski definition) is 1. The predicted octanol–water partition coefficient (Wildman–Crippen LogP) is 4.97. The lowest BCUT2D eigenvalue weighted by Gasteiger charge is -2.05. The van der Waals surface area contributed by atoms with E-state index in [0.29, 0.717) is 5.56 Å². The minimum Gasteiger partial charge on any atom is -0.354 e. The van der Waals surface area contributed by atoms with Gasteiger partial charge in [-0.05, 0) is 42.3 Å². The molecule has 0 unspecified atom stereocenters. The summed E-state index contributed by atoms with van der Waals surface area (Å²) in [5.74, 6) is -1.06. The van der Waals surface area contributed by atoms with E-state index in [9.17, 15) is 8.78 Å². The highest BCUT2D eigenvalue weighted by molar-refractivity contribution is 6.07. The maximum atomic E-state index is 13.8. The minimum absolute atomic E-state index is 0.0431.